The molecule has 2 nitrogen and oxygen atoms in total. The lowest BCUT2D eigenvalue weighted by Crippen LogP contribution is -2.07. The molecular formula is C17H21ClN2. The van der Waals surface area contributed by atoms with E-state index in [1.807, 2.05) is 6.07 Å². The van der Waals surface area contributed by atoms with Gasteiger partial charge < -0.3 is 5.32 Å². The molecule has 0 spiro atoms. The number of aromatic nitrogens is 1. The van der Waals surface area contributed by atoms with Crippen molar-refractivity contribution in [2.45, 2.75) is 33.2 Å². The maximum absolute atomic E-state index is 5.79. The molecule has 1 atom stereocenters. The Balaban J connectivity index is 2.01. The lowest BCUT2D eigenvalue weighted by molar-refractivity contribution is 0.647. The molecule has 1 N–H and O–H groups in total. The van der Waals surface area contributed by atoms with Gasteiger partial charge in [0.05, 0.1) is 11.9 Å². The molecular weight excluding hydrogens is 268 g/mol. The SMILES string of the molecule is CC(C)Cc1ccc(C(C)Nc2ccc(Cl)nc2)cc1. The Morgan fingerprint density at radius 3 is 2.30 bits per heavy atom. The Bertz CT molecular complexity index is 532. The van der Waals surface area contributed by atoms with Gasteiger partial charge in [-0.2, -0.15) is 0 Å². The van der Waals surface area contributed by atoms with Crippen LogP contribution >= 0.6 is 11.6 Å². The zero-order chi connectivity index (χ0) is 14.5. The largest absolute Gasteiger partial charge is 0.377 e. The molecule has 0 saturated carbocycles. The van der Waals surface area contributed by atoms with Crippen molar-refractivity contribution >= 4 is 17.3 Å². The van der Waals surface area contributed by atoms with Gasteiger partial charge in [-0.05, 0) is 42.5 Å². The first-order valence-electron chi connectivity index (χ1n) is 7.01. The fourth-order valence-corrected chi connectivity index (χ4v) is 2.32. The van der Waals surface area contributed by atoms with Crippen molar-refractivity contribution in [2.75, 3.05) is 5.32 Å². The van der Waals surface area contributed by atoms with Crippen LogP contribution in [-0.4, -0.2) is 4.98 Å². The fourth-order valence-electron chi connectivity index (χ4n) is 2.21. The van der Waals surface area contributed by atoms with Crippen LogP contribution in [0, 0.1) is 5.92 Å². The summed E-state index contributed by atoms with van der Waals surface area (Å²) in [5.74, 6) is 0.691. The minimum atomic E-state index is 0.242. The standard InChI is InChI=1S/C17H21ClN2/c1-12(2)10-14-4-6-15(7-5-14)13(3)20-16-8-9-17(18)19-11-16/h4-9,11-13,20H,10H2,1-3H3. The summed E-state index contributed by atoms with van der Waals surface area (Å²) in [5, 5.41) is 3.94. The number of hydrogen-bond acceptors (Lipinski definition) is 2. The average molecular weight is 289 g/mol. The third kappa shape index (κ3) is 4.24. The van der Waals surface area contributed by atoms with Crippen LogP contribution in [-0.2, 0) is 6.42 Å². The maximum Gasteiger partial charge on any atom is 0.129 e. The normalized spacial score (nSPS) is 12.4. The van der Waals surface area contributed by atoms with Gasteiger partial charge in [-0.25, -0.2) is 4.98 Å². The maximum atomic E-state index is 5.79. The highest BCUT2D eigenvalue weighted by atomic mass is 35.5. The van der Waals surface area contributed by atoms with Crippen molar-refractivity contribution in [3.8, 4) is 0 Å². The first kappa shape index (κ1) is 14.9. The first-order chi connectivity index (χ1) is 9.54. The number of anilines is 1. The summed E-state index contributed by atoms with van der Waals surface area (Å²) in [6.07, 6.45) is 2.88. The van der Waals surface area contributed by atoms with E-state index >= 15 is 0 Å². The summed E-state index contributed by atoms with van der Waals surface area (Å²) in [7, 11) is 0. The van der Waals surface area contributed by atoms with Gasteiger partial charge in [0.25, 0.3) is 0 Å². The summed E-state index contributed by atoms with van der Waals surface area (Å²) < 4.78 is 0. The third-order valence-corrected chi connectivity index (χ3v) is 3.46. The van der Waals surface area contributed by atoms with Gasteiger partial charge in [0.15, 0.2) is 0 Å². The number of pyridine rings is 1. The lowest BCUT2D eigenvalue weighted by Gasteiger charge is -2.16. The topological polar surface area (TPSA) is 24.9 Å². The molecule has 1 unspecified atom stereocenters. The van der Waals surface area contributed by atoms with Crippen molar-refractivity contribution in [3.63, 3.8) is 0 Å². The average Bonchev–Trinajstić information content (AvgIpc) is 2.41. The van der Waals surface area contributed by atoms with E-state index in [0.29, 0.717) is 11.1 Å². The molecule has 0 bridgehead atoms. The van der Waals surface area contributed by atoms with Crippen LogP contribution in [0.2, 0.25) is 5.15 Å². The van der Waals surface area contributed by atoms with Crippen LogP contribution in [0.5, 0.6) is 0 Å². The summed E-state index contributed by atoms with van der Waals surface area (Å²) in [6.45, 7) is 6.63. The second-order valence-electron chi connectivity index (χ2n) is 5.58. The molecule has 0 fully saturated rings. The van der Waals surface area contributed by atoms with E-state index in [9.17, 15) is 0 Å². The third-order valence-electron chi connectivity index (χ3n) is 3.23. The zero-order valence-corrected chi connectivity index (χ0v) is 13.0. The summed E-state index contributed by atoms with van der Waals surface area (Å²) in [5.41, 5.74) is 3.64. The van der Waals surface area contributed by atoms with Crippen LogP contribution in [0.1, 0.15) is 37.9 Å². The van der Waals surface area contributed by atoms with E-state index in [0.717, 1.165) is 12.1 Å². The highest BCUT2D eigenvalue weighted by Gasteiger charge is 2.06. The van der Waals surface area contributed by atoms with Crippen LogP contribution in [0.4, 0.5) is 5.69 Å². The molecule has 20 heavy (non-hydrogen) atoms. The number of rotatable bonds is 5. The van der Waals surface area contributed by atoms with Gasteiger partial charge >= 0.3 is 0 Å². The van der Waals surface area contributed by atoms with Gasteiger partial charge in [-0.1, -0.05) is 49.7 Å². The van der Waals surface area contributed by atoms with E-state index in [1.54, 1.807) is 12.3 Å². The van der Waals surface area contributed by atoms with Gasteiger partial charge in [0.2, 0.25) is 0 Å². The molecule has 0 aliphatic rings. The quantitative estimate of drug-likeness (QED) is 0.774. The number of hydrogen-bond donors (Lipinski definition) is 1. The predicted molar refractivity (Wildman–Crippen MR) is 86.3 cm³/mol. The molecule has 2 rings (SSSR count). The van der Waals surface area contributed by atoms with Crippen LogP contribution in [0.25, 0.3) is 0 Å². The Morgan fingerprint density at radius 2 is 1.75 bits per heavy atom. The van der Waals surface area contributed by atoms with Crippen LogP contribution < -0.4 is 5.32 Å². The second kappa shape index (κ2) is 6.76. The molecule has 0 aliphatic carbocycles. The highest BCUT2D eigenvalue weighted by molar-refractivity contribution is 6.29. The summed E-state index contributed by atoms with van der Waals surface area (Å²) >= 11 is 5.79. The number of benzene rings is 1. The Morgan fingerprint density at radius 1 is 1.05 bits per heavy atom. The van der Waals surface area contributed by atoms with E-state index in [-0.39, 0.29) is 6.04 Å². The van der Waals surface area contributed by atoms with Crippen LogP contribution in [0.3, 0.4) is 0 Å². The monoisotopic (exact) mass is 288 g/mol. The van der Waals surface area contributed by atoms with E-state index < -0.39 is 0 Å². The summed E-state index contributed by atoms with van der Waals surface area (Å²) in [6, 6.07) is 12.8. The molecule has 1 heterocycles. The first-order valence-corrected chi connectivity index (χ1v) is 7.39. The smallest absolute Gasteiger partial charge is 0.129 e. The van der Waals surface area contributed by atoms with Gasteiger partial charge in [-0.3, -0.25) is 0 Å². The molecule has 0 radical (unpaired) electrons. The van der Waals surface area contributed by atoms with Crippen LogP contribution in [0.15, 0.2) is 42.6 Å². The van der Waals surface area contributed by atoms with E-state index in [4.69, 9.17) is 11.6 Å². The minimum Gasteiger partial charge on any atom is -0.377 e. The molecule has 3 heteroatoms. The summed E-state index contributed by atoms with van der Waals surface area (Å²) in [4.78, 5) is 4.08. The molecule has 1 aromatic carbocycles. The van der Waals surface area contributed by atoms with Gasteiger partial charge in [0.1, 0.15) is 5.15 Å². The predicted octanol–water partition coefficient (Wildman–Crippen LogP) is 5.11. The van der Waals surface area contributed by atoms with Crippen molar-refractivity contribution in [1.29, 1.82) is 0 Å². The van der Waals surface area contributed by atoms with Crippen molar-refractivity contribution < 1.29 is 0 Å². The molecule has 0 aliphatic heterocycles. The number of nitrogens with one attached hydrogen (secondary N) is 1. The zero-order valence-electron chi connectivity index (χ0n) is 12.2. The molecule has 106 valence electrons. The van der Waals surface area contributed by atoms with Crippen molar-refractivity contribution in [3.05, 3.63) is 58.9 Å². The van der Waals surface area contributed by atoms with Gasteiger partial charge in [-0.15, -0.1) is 0 Å². The molecule has 2 aromatic rings. The second-order valence-corrected chi connectivity index (χ2v) is 5.96. The van der Waals surface area contributed by atoms with E-state index in [1.165, 1.54) is 11.1 Å². The minimum absolute atomic E-state index is 0.242. The van der Waals surface area contributed by atoms with Crippen molar-refractivity contribution in [2.24, 2.45) is 5.92 Å². The fraction of sp³-hybridized carbons (Fsp3) is 0.353. The molecule has 0 amide bonds. The number of nitrogens with zero attached hydrogens (tertiary/aromatic N) is 1. The van der Waals surface area contributed by atoms with Crippen molar-refractivity contribution in [1.82, 2.24) is 4.98 Å². The van der Waals surface area contributed by atoms with E-state index in [2.05, 4.69) is 55.3 Å². The molecule has 0 saturated heterocycles. The Hall–Kier alpha value is -1.54. The number of halogens is 1. The lowest BCUT2D eigenvalue weighted by atomic mass is 10.00. The Labute approximate surface area is 126 Å². The van der Waals surface area contributed by atoms with Gasteiger partial charge in [0, 0.05) is 6.04 Å². The molecule has 1 aromatic heterocycles. The Kier molecular flexibility index (Phi) is 5.02. The highest BCUT2D eigenvalue weighted by Crippen LogP contribution is 2.20.